The van der Waals surface area contributed by atoms with Crippen molar-refractivity contribution in [1.82, 2.24) is 19.5 Å². The molecule has 8 nitrogen and oxygen atoms in total. The fourth-order valence-electron chi connectivity index (χ4n) is 3.63. The zero-order valence-electron chi connectivity index (χ0n) is 15.2. The van der Waals surface area contributed by atoms with Crippen LogP contribution in [0, 0.1) is 0 Å². The number of rotatable bonds is 4. The van der Waals surface area contributed by atoms with Gasteiger partial charge in [-0.15, -0.1) is 5.10 Å². The lowest BCUT2D eigenvalue weighted by atomic mass is 10.3. The number of nitrogens with zero attached hydrogens (tertiary/aromatic N) is 6. The molecule has 27 heavy (non-hydrogen) atoms. The van der Waals surface area contributed by atoms with Crippen LogP contribution in [0.5, 0.6) is 0 Å². The molecule has 0 aliphatic carbocycles. The second-order valence-electron chi connectivity index (χ2n) is 6.87. The molecular weight excluding hydrogens is 364 g/mol. The first kappa shape index (κ1) is 18.1. The zero-order chi connectivity index (χ0) is 18.7. The predicted molar refractivity (Wildman–Crippen MR) is 103 cm³/mol. The summed E-state index contributed by atoms with van der Waals surface area (Å²) in [5, 5.41) is 8.14. The van der Waals surface area contributed by atoms with Crippen LogP contribution in [-0.2, 0) is 10.0 Å². The molecule has 0 saturated carbocycles. The largest absolute Gasteiger partial charge is 0.355 e. The van der Waals surface area contributed by atoms with Crippen LogP contribution in [0.1, 0.15) is 19.3 Å². The van der Waals surface area contributed by atoms with Crippen molar-refractivity contribution in [3.05, 3.63) is 36.7 Å². The summed E-state index contributed by atoms with van der Waals surface area (Å²) in [5.74, 6) is 1.70. The average molecular weight is 388 g/mol. The summed E-state index contributed by atoms with van der Waals surface area (Å²) >= 11 is 0. The summed E-state index contributed by atoms with van der Waals surface area (Å²) in [5.41, 5.74) is 0. The van der Waals surface area contributed by atoms with Gasteiger partial charge in [-0.3, -0.25) is 0 Å². The SMILES string of the molecule is O=S(=O)(c1ccc(N2CCCN(c3cccnn3)CC2)nc1)N1CCCC1. The summed E-state index contributed by atoms with van der Waals surface area (Å²) < 4.78 is 26.8. The lowest BCUT2D eigenvalue weighted by molar-refractivity contribution is 0.477. The van der Waals surface area contributed by atoms with Gasteiger partial charge in [0.25, 0.3) is 0 Å². The van der Waals surface area contributed by atoms with E-state index in [1.807, 2.05) is 18.2 Å². The van der Waals surface area contributed by atoms with Crippen LogP contribution in [0.3, 0.4) is 0 Å². The van der Waals surface area contributed by atoms with Crippen LogP contribution in [-0.4, -0.2) is 67.2 Å². The predicted octanol–water partition coefficient (Wildman–Crippen LogP) is 1.37. The Morgan fingerprint density at radius 2 is 1.56 bits per heavy atom. The smallest absolute Gasteiger partial charge is 0.244 e. The zero-order valence-corrected chi connectivity index (χ0v) is 16.1. The van der Waals surface area contributed by atoms with Gasteiger partial charge in [-0.25, -0.2) is 13.4 Å². The maximum absolute atomic E-state index is 12.6. The fourth-order valence-corrected chi connectivity index (χ4v) is 5.09. The van der Waals surface area contributed by atoms with E-state index in [2.05, 4.69) is 25.0 Å². The minimum atomic E-state index is -3.41. The highest BCUT2D eigenvalue weighted by Gasteiger charge is 2.27. The summed E-state index contributed by atoms with van der Waals surface area (Å²) in [6.45, 7) is 4.64. The van der Waals surface area contributed by atoms with E-state index >= 15 is 0 Å². The Labute approximate surface area is 159 Å². The molecule has 0 spiro atoms. The Morgan fingerprint density at radius 1 is 0.815 bits per heavy atom. The van der Waals surface area contributed by atoms with Gasteiger partial charge >= 0.3 is 0 Å². The minimum absolute atomic E-state index is 0.282. The van der Waals surface area contributed by atoms with E-state index in [0.717, 1.165) is 57.1 Å². The van der Waals surface area contributed by atoms with Gasteiger partial charge in [0.05, 0.1) is 0 Å². The summed E-state index contributed by atoms with van der Waals surface area (Å²) in [6, 6.07) is 7.37. The van der Waals surface area contributed by atoms with Gasteiger partial charge in [-0.1, -0.05) is 0 Å². The van der Waals surface area contributed by atoms with Crippen molar-refractivity contribution in [1.29, 1.82) is 0 Å². The van der Waals surface area contributed by atoms with Gasteiger partial charge in [0, 0.05) is 51.7 Å². The molecule has 4 heterocycles. The van der Waals surface area contributed by atoms with Crippen LogP contribution in [0.2, 0.25) is 0 Å². The molecular formula is C18H24N6O2S. The highest BCUT2D eigenvalue weighted by molar-refractivity contribution is 7.89. The van der Waals surface area contributed by atoms with Crippen LogP contribution in [0.15, 0.2) is 41.6 Å². The third-order valence-electron chi connectivity index (χ3n) is 5.13. The number of pyridine rings is 1. The molecule has 2 aliphatic heterocycles. The molecule has 0 atom stereocenters. The molecule has 9 heteroatoms. The van der Waals surface area contributed by atoms with Gasteiger partial charge in [-0.05, 0) is 43.5 Å². The van der Waals surface area contributed by atoms with E-state index in [0.29, 0.717) is 13.1 Å². The Bertz CT molecular complexity index is 853. The molecule has 0 radical (unpaired) electrons. The maximum atomic E-state index is 12.6. The highest BCUT2D eigenvalue weighted by atomic mass is 32.2. The first-order valence-electron chi connectivity index (χ1n) is 9.38. The van der Waals surface area contributed by atoms with Crippen molar-refractivity contribution >= 4 is 21.7 Å². The maximum Gasteiger partial charge on any atom is 0.244 e. The lowest BCUT2D eigenvalue weighted by Crippen LogP contribution is -2.32. The number of anilines is 2. The molecule has 0 bridgehead atoms. The van der Waals surface area contributed by atoms with Gasteiger partial charge in [0.2, 0.25) is 10.0 Å². The third kappa shape index (κ3) is 3.89. The van der Waals surface area contributed by atoms with Crippen molar-refractivity contribution in [2.24, 2.45) is 0 Å². The molecule has 0 amide bonds. The average Bonchev–Trinajstić information content (AvgIpc) is 3.15. The second kappa shape index (κ2) is 7.77. The third-order valence-corrected chi connectivity index (χ3v) is 7.01. The molecule has 144 valence electrons. The van der Waals surface area contributed by atoms with Crippen LogP contribution >= 0.6 is 0 Å². The molecule has 2 fully saturated rings. The van der Waals surface area contributed by atoms with E-state index < -0.39 is 10.0 Å². The van der Waals surface area contributed by atoms with E-state index in [-0.39, 0.29) is 4.90 Å². The first-order valence-corrected chi connectivity index (χ1v) is 10.8. The van der Waals surface area contributed by atoms with Gasteiger partial charge < -0.3 is 9.80 Å². The van der Waals surface area contributed by atoms with Crippen molar-refractivity contribution in [3.8, 4) is 0 Å². The van der Waals surface area contributed by atoms with Gasteiger partial charge in [0.15, 0.2) is 5.82 Å². The Balaban J connectivity index is 1.45. The number of hydrogen-bond donors (Lipinski definition) is 0. The van der Waals surface area contributed by atoms with E-state index in [1.165, 1.54) is 6.20 Å². The van der Waals surface area contributed by atoms with Crippen LogP contribution < -0.4 is 9.80 Å². The summed E-state index contributed by atoms with van der Waals surface area (Å²) in [6.07, 6.45) is 6.01. The molecule has 2 aliphatic rings. The highest BCUT2D eigenvalue weighted by Crippen LogP contribution is 2.23. The van der Waals surface area contributed by atoms with E-state index in [4.69, 9.17) is 0 Å². The first-order chi connectivity index (χ1) is 13.1. The molecule has 2 aromatic heterocycles. The van der Waals surface area contributed by atoms with Crippen molar-refractivity contribution in [2.75, 3.05) is 49.1 Å². The van der Waals surface area contributed by atoms with Crippen molar-refractivity contribution < 1.29 is 8.42 Å². The van der Waals surface area contributed by atoms with Gasteiger partial charge in [-0.2, -0.15) is 9.40 Å². The Kier molecular flexibility index (Phi) is 5.22. The number of hydrogen-bond acceptors (Lipinski definition) is 7. The molecule has 0 unspecified atom stereocenters. The fraction of sp³-hybridized carbons (Fsp3) is 0.500. The topological polar surface area (TPSA) is 82.5 Å². The summed E-state index contributed by atoms with van der Waals surface area (Å²) in [4.78, 5) is 9.15. The molecule has 0 N–H and O–H groups in total. The molecule has 0 aromatic carbocycles. The van der Waals surface area contributed by atoms with Crippen molar-refractivity contribution in [3.63, 3.8) is 0 Å². The lowest BCUT2D eigenvalue weighted by Gasteiger charge is -2.23. The van der Waals surface area contributed by atoms with E-state index in [1.54, 1.807) is 16.6 Å². The molecule has 2 aromatic rings. The van der Waals surface area contributed by atoms with E-state index in [9.17, 15) is 8.42 Å². The quantitative estimate of drug-likeness (QED) is 0.782. The monoisotopic (exact) mass is 388 g/mol. The number of sulfonamides is 1. The van der Waals surface area contributed by atoms with Crippen LogP contribution in [0.25, 0.3) is 0 Å². The molecule has 2 saturated heterocycles. The van der Waals surface area contributed by atoms with Crippen molar-refractivity contribution in [2.45, 2.75) is 24.2 Å². The van der Waals surface area contributed by atoms with Gasteiger partial charge in [0.1, 0.15) is 10.7 Å². The second-order valence-corrected chi connectivity index (χ2v) is 8.81. The van der Waals surface area contributed by atoms with Crippen LogP contribution in [0.4, 0.5) is 11.6 Å². The number of aromatic nitrogens is 3. The molecule has 4 rings (SSSR count). The Hall–Kier alpha value is -2.26. The Morgan fingerprint density at radius 3 is 2.19 bits per heavy atom. The normalized spacial score (nSPS) is 19.3. The summed E-state index contributed by atoms with van der Waals surface area (Å²) in [7, 11) is -3.41. The standard InChI is InChI=1S/C18H24N6O2S/c25-27(26,24-11-1-2-12-24)16-6-7-17(19-15-16)22-9-4-10-23(14-13-22)18-5-3-8-20-21-18/h3,5-8,15H,1-2,4,9-14H2. The minimum Gasteiger partial charge on any atom is -0.355 e.